The molecule has 0 amide bonds. The zero-order valence-corrected chi connectivity index (χ0v) is 9.16. The minimum atomic E-state index is -0.887. The number of hydrogen-bond donors (Lipinski definition) is 2. The number of hydrogen-bond acceptors (Lipinski definition) is 2. The highest BCUT2D eigenvalue weighted by Crippen LogP contribution is 2.15. The van der Waals surface area contributed by atoms with Crippen molar-refractivity contribution in [2.24, 2.45) is 5.92 Å². The molecule has 0 aromatic heterocycles. The fourth-order valence-electron chi connectivity index (χ4n) is 1.25. The van der Waals surface area contributed by atoms with Crippen LogP contribution >= 0.6 is 0 Å². The zero-order valence-electron chi connectivity index (χ0n) is 9.16. The highest BCUT2D eigenvalue weighted by atomic mass is 16.4. The van der Waals surface area contributed by atoms with E-state index < -0.39 is 5.97 Å². The van der Waals surface area contributed by atoms with Gasteiger partial charge in [-0.15, -0.1) is 0 Å². The molecule has 0 fully saturated rings. The molecular weight excluding hydrogens is 190 g/mol. The van der Waals surface area contributed by atoms with Crippen LogP contribution < -0.4 is 5.32 Å². The summed E-state index contributed by atoms with van der Waals surface area (Å²) in [5.41, 5.74) is 1.03. The molecule has 1 aromatic rings. The van der Waals surface area contributed by atoms with Gasteiger partial charge < -0.3 is 10.4 Å². The van der Waals surface area contributed by atoms with Crippen molar-refractivity contribution in [1.29, 1.82) is 0 Å². The van der Waals surface area contributed by atoms with Crippen molar-refractivity contribution in [1.82, 2.24) is 0 Å². The number of anilines is 1. The number of nitrogens with one attached hydrogen (secondary N) is 1. The summed E-state index contributed by atoms with van der Waals surface area (Å²) in [6.07, 6.45) is 1.09. The van der Waals surface area contributed by atoms with Crippen LogP contribution in [0.2, 0.25) is 0 Å². The molecule has 3 nitrogen and oxygen atoms in total. The van der Waals surface area contributed by atoms with Crippen molar-refractivity contribution in [3.05, 3.63) is 29.8 Å². The second-order valence-corrected chi connectivity index (χ2v) is 3.75. The molecule has 0 aliphatic heterocycles. The van der Waals surface area contributed by atoms with Gasteiger partial charge in [0.15, 0.2) is 0 Å². The predicted molar refractivity (Wildman–Crippen MR) is 61.3 cm³/mol. The van der Waals surface area contributed by atoms with Crippen LogP contribution in [0.25, 0.3) is 0 Å². The van der Waals surface area contributed by atoms with Crippen molar-refractivity contribution in [3.8, 4) is 0 Å². The van der Waals surface area contributed by atoms with Crippen LogP contribution in [-0.4, -0.2) is 17.6 Å². The van der Waals surface area contributed by atoms with E-state index in [0.717, 1.165) is 13.0 Å². The lowest BCUT2D eigenvalue weighted by Crippen LogP contribution is -2.13. The second-order valence-electron chi connectivity index (χ2n) is 3.75. The average Bonchev–Trinajstić information content (AvgIpc) is 2.26. The van der Waals surface area contributed by atoms with Crippen LogP contribution in [0.5, 0.6) is 0 Å². The number of carboxylic acid groups (broad SMARTS) is 1. The van der Waals surface area contributed by atoms with Gasteiger partial charge in [-0.25, -0.2) is 4.79 Å². The molecule has 82 valence electrons. The second kappa shape index (κ2) is 5.39. The van der Waals surface area contributed by atoms with E-state index in [2.05, 4.69) is 19.2 Å². The lowest BCUT2D eigenvalue weighted by Gasteiger charge is -2.12. The average molecular weight is 207 g/mol. The Balaban J connectivity index is 2.72. The van der Waals surface area contributed by atoms with Crippen LogP contribution in [0.3, 0.4) is 0 Å². The van der Waals surface area contributed by atoms with E-state index >= 15 is 0 Å². The highest BCUT2D eigenvalue weighted by Gasteiger charge is 2.08. The molecule has 0 radical (unpaired) electrons. The highest BCUT2D eigenvalue weighted by molar-refractivity contribution is 5.94. The molecule has 0 aliphatic carbocycles. The number of carbonyl (C=O) groups is 1. The van der Waals surface area contributed by atoms with E-state index in [0.29, 0.717) is 17.2 Å². The van der Waals surface area contributed by atoms with Crippen molar-refractivity contribution in [3.63, 3.8) is 0 Å². The van der Waals surface area contributed by atoms with E-state index in [1.54, 1.807) is 18.2 Å². The quantitative estimate of drug-likeness (QED) is 0.780. The first-order chi connectivity index (χ1) is 7.15. The molecule has 0 saturated heterocycles. The van der Waals surface area contributed by atoms with Gasteiger partial charge in [-0.2, -0.15) is 0 Å². The van der Waals surface area contributed by atoms with Crippen LogP contribution in [0.15, 0.2) is 24.3 Å². The molecule has 0 saturated carbocycles. The monoisotopic (exact) mass is 207 g/mol. The molecule has 0 bridgehead atoms. The van der Waals surface area contributed by atoms with E-state index in [-0.39, 0.29) is 0 Å². The molecule has 0 heterocycles. The topological polar surface area (TPSA) is 49.3 Å². The Morgan fingerprint density at radius 3 is 2.73 bits per heavy atom. The lowest BCUT2D eigenvalue weighted by molar-refractivity contribution is 0.0698. The van der Waals surface area contributed by atoms with Gasteiger partial charge in [-0.05, 0) is 18.1 Å². The number of rotatable bonds is 5. The molecule has 0 aliphatic rings. The van der Waals surface area contributed by atoms with Crippen LogP contribution in [-0.2, 0) is 0 Å². The van der Waals surface area contributed by atoms with Gasteiger partial charge in [0.05, 0.1) is 5.56 Å². The summed E-state index contributed by atoms with van der Waals surface area (Å²) in [6, 6.07) is 6.98. The van der Waals surface area contributed by atoms with Gasteiger partial charge in [0.2, 0.25) is 0 Å². The zero-order chi connectivity index (χ0) is 11.3. The van der Waals surface area contributed by atoms with Gasteiger partial charge in [-0.3, -0.25) is 0 Å². The molecule has 0 unspecified atom stereocenters. The maximum absolute atomic E-state index is 10.9. The Hall–Kier alpha value is -1.51. The minimum absolute atomic E-state index is 0.334. The summed E-state index contributed by atoms with van der Waals surface area (Å²) in [5.74, 6) is -0.339. The number of aromatic carboxylic acids is 1. The fraction of sp³-hybridized carbons (Fsp3) is 0.417. The number of para-hydroxylation sites is 1. The Morgan fingerprint density at radius 1 is 1.47 bits per heavy atom. The summed E-state index contributed by atoms with van der Waals surface area (Å²) in [6.45, 7) is 5.06. The lowest BCUT2D eigenvalue weighted by atomic mass is 10.1. The van der Waals surface area contributed by atoms with E-state index in [1.165, 1.54) is 0 Å². The largest absolute Gasteiger partial charge is 0.478 e. The molecule has 2 N–H and O–H groups in total. The first-order valence-electron chi connectivity index (χ1n) is 5.21. The Morgan fingerprint density at radius 2 is 2.13 bits per heavy atom. The van der Waals surface area contributed by atoms with Crippen LogP contribution in [0, 0.1) is 5.92 Å². The summed E-state index contributed by atoms with van der Waals surface area (Å²) < 4.78 is 0. The summed E-state index contributed by atoms with van der Waals surface area (Å²) in [5, 5.41) is 12.1. The van der Waals surface area contributed by atoms with Crippen molar-refractivity contribution in [2.75, 3.05) is 11.9 Å². The minimum Gasteiger partial charge on any atom is -0.478 e. The summed E-state index contributed by atoms with van der Waals surface area (Å²) in [7, 11) is 0. The molecule has 1 atom stereocenters. The van der Waals surface area contributed by atoms with Crippen molar-refractivity contribution in [2.45, 2.75) is 20.3 Å². The molecular formula is C12H17NO2. The van der Waals surface area contributed by atoms with Crippen LogP contribution in [0.4, 0.5) is 5.69 Å². The fourth-order valence-corrected chi connectivity index (χ4v) is 1.25. The number of carboxylic acids is 1. The van der Waals surface area contributed by atoms with Crippen molar-refractivity contribution < 1.29 is 9.90 Å². The molecule has 0 spiro atoms. The number of benzene rings is 1. The Labute approximate surface area is 90.1 Å². The SMILES string of the molecule is CC[C@@H](C)CNc1ccccc1C(=O)O. The smallest absolute Gasteiger partial charge is 0.337 e. The third kappa shape index (κ3) is 3.27. The maximum Gasteiger partial charge on any atom is 0.337 e. The Kier molecular flexibility index (Phi) is 4.16. The Bertz CT molecular complexity index is 336. The van der Waals surface area contributed by atoms with Gasteiger partial charge in [0.25, 0.3) is 0 Å². The van der Waals surface area contributed by atoms with E-state index in [9.17, 15) is 4.79 Å². The molecule has 15 heavy (non-hydrogen) atoms. The third-order valence-electron chi connectivity index (χ3n) is 2.50. The van der Waals surface area contributed by atoms with Gasteiger partial charge >= 0.3 is 5.97 Å². The molecule has 3 heteroatoms. The maximum atomic E-state index is 10.9. The van der Waals surface area contributed by atoms with Gasteiger partial charge in [0.1, 0.15) is 0 Å². The summed E-state index contributed by atoms with van der Waals surface area (Å²) in [4.78, 5) is 10.9. The predicted octanol–water partition coefficient (Wildman–Crippen LogP) is 2.84. The summed E-state index contributed by atoms with van der Waals surface area (Å²) >= 11 is 0. The van der Waals surface area contributed by atoms with E-state index in [4.69, 9.17) is 5.11 Å². The molecule has 1 aromatic carbocycles. The first kappa shape index (κ1) is 11.6. The first-order valence-corrected chi connectivity index (χ1v) is 5.21. The normalized spacial score (nSPS) is 12.1. The van der Waals surface area contributed by atoms with Gasteiger partial charge in [-0.1, -0.05) is 32.4 Å². The van der Waals surface area contributed by atoms with Crippen LogP contribution in [0.1, 0.15) is 30.6 Å². The standard InChI is InChI=1S/C12H17NO2/c1-3-9(2)8-13-11-7-5-4-6-10(11)12(14)15/h4-7,9,13H,3,8H2,1-2H3,(H,14,15)/t9-/m1/s1. The molecule has 1 rings (SSSR count). The van der Waals surface area contributed by atoms with Gasteiger partial charge in [0, 0.05) is 12.2 Å². The van der Waals surface area contributed by atoms with Crippen molar-refractivity contribution >= 4 is 11.7 Å². The van der Waals surface area contributed by atoms with E-state index in [1.807, 2.05) is 6.07 Å². The third-order valence-corrected chi connectivity index (χ3v) is 2.50.